The number of H-pyrrole nitrogens is 1. The van der Waals surface area contributed by atoms with Gasteiger partial charge in [-0.1, -0.05) is 24.3 Å². The number of hydrogen-bond acceptors (Lipinski definition) is 5. The maximum atomic E-state index is 11.6. The Labute approximate surface area is 177 Å². The SMILES string of the molecule is CC(=O)Oc1ccc(-c2cccc(C(=N)N)c2)cc1-c1nc2ccc(C(=N)N)cc2[nH]1. The molecule has 0 radical (unpaired) electrons. The Morgan fingerprint density at radius 1 is 0.935 bits per heavy atom. The van der Waals surface area contributed by atoms with Gasteiger partial charge in [-0.15, -0.1) is 0 Å². The number of imidazole rings is 1. The van der Waals surface area contributed by atoms with Gasteiger partial charge in [-0.05, 0) is 47.5 Å². The summed E-state index contributed by atoms with van der Waals surface area (Å²) in [5.41, 5.74) is 16.1. The van der Waals surface area contributed by atoms with Gasteiger partial charge in [0.05, 0.1) is 16.6 Å². The highest BCUT2D eigenvalue weighted by Gasteiger charge is 2.15. The molecule has 154 valence electrons. The lowest BCUT2D eigenvalue weighted by atomic mass is 10.00. The lowest BCUT2D eigenvalue weighted by Gasteiger charge is -2.11. The summed E-state index contributed by atoms with van der Waals surface area (Å²) in [5, 5.41) is 15.3. The number of hydrogen-bond donors (Lipinski definition) is 5. The van der Waals surface area contributed by atoms with Gasteiger partial charge in [0.2, 0.25) is 0 Å². The van der Waals surface area contributed by atoms with E-state index in [0.717, 1.165) is 11.1 Å². The first-order valence-corrected chi connectivity index (χ1v) is 9.43. The normalized spacial score (nSPS) is 10.7. The number of amidine groups is 2. The molecule has 31 heavy (non-hydrogen) atoms. The number of benzene rings is 3. The highest BCUT2D eigenvalue weighted by atomic mass is 16.5. The molecule has 0 saturated heterocycles. The second kappa shape index (κ2) is 7.75. The van der Waals surface area contributed by atoms with Gasteiger partial charge in [0, 0.05) is 18.1 Å². The van der Waals surface area contributed by atoms with Crippen molar-refractivity contribution < 1.29 is 9.53 Å². The van der Waals surface area contributed by atoms with Gasteiger partial charge >= 0.3 is 5.97 Å². The van der Waals surface area contributed by atoms with Crippen LogP contribution in [0.2, 0.25) is 0 Å². The lowest BCUT2D eigenvalue weighted by molar-refractivity contribution is -0.131. The van der Waals surface area contributed by atoms with E-state index in [9.17, 15) is 4.79 Å². The van der Waals surface area contributed by atoms with Gasteiger partial charge in [-0.3, -0.25) is 15.6 Å². The Morgan fingerprint density at radius 3 is 2.35 bits per heavy atom. The van der Waals surface area contributed by atoms with E-state index in [0.29, 0.717) is 39.3 Å². The van der Waals surface area contributed by atoms with Crippen LogP contribution < -0.4 is 16.2 Å². The molecule has 8 heteroatoms. The fourth-order valence-corrected chi connectivity index (χ4v) is 3.31. The molecule has 0 aliphatic heterocycles. The Kier molecular flexibility index (Phi) is 4.96. The summed E-state index contributed by atoms with van der Waals surface area (Å²) < 4.78 is 5.40. The van der Waals surface area contributed by atoms with Crippen LogP contribution in [0.4, 0.5) is 0 Å². The number of aromatic amines is 1. The number of nitrogen functional groups attached to an aromatic ring is 2. The Bertz CT molecular complexity index is 1360. The third kappa shape index (κ3) is 3.99. The summed E-state index contributed by atoms with van der Waals surface area (Å²) in [7, 11) is 0. The van der Waals surface area contributed by atoms with Gasteiger partial charge < -0.3 is 21.2 Å². The predicted octanol–water partition coefficient (Wildman–Crippen LogP) is 3.39. The van der Waals surface area contributed by atoms with Gasteiger partial charge in [0.1, 0.15) is 23.2 Å². The van der Waals surface area contributed by atoms with Crippen molar-refractivity contribution in [2.45, 2.75) is 6.92 Å². The first kappa shape index (κ1) is 19.8. The number of nitrogens with zero attached hydrogens (tertiary/aromatic N) is 1. The predicted molar refractivity (Wildman–Crippen MR) is 120 cm³/mol. The van der Waals surface area contributed by atoms with Crippen LogP contribution in [0.1, 0.15) is 18.1 Å². The molecule has 0 amide bonds. The molecule has 1 heterocycles. The zero-order chi connectivity index (χ0) is 22.1. The topological polar surface area (TPSA) is 155 Å². The largest absolute Gasteiger partial charge is 0.426 e. The minimum atomic E-state index is -0.442. The molecule has 1 aromatic heterocycles. The van der Waals surface area contributed by atoms with E-state index < -0.39 is 5.97 Å². The van der Waals surface area contributed by atoms with E-state index in [-0.39, 0.29) is 11.7 Å². The number of nitrogens with two attached hydrogens (primary N) is 2. The zero-order valence-corrected chi connectivity index (χ0v) is 16.7. The van der Waals surface area contributed by atoms with Crippen molar-refractivity contribution in [2.24, 2.45) is 11.5 Å². The third-order valence-corrected chi connectivity index (χ3v) is 4.79. The summed E-state index contributed by atoms with van der Waals surface area (Å²) in [6, 6.07) is 18.0. The molecule has 4 aromatic rings. The summed E-state index contributed by atoms with van der Waals surface area (Å²) in [4.78, 5) is 19.5. The molecular formula is C23H20N6O2. The van der Waals surface area contributed by atoms with Gasteiger partial charge in [-0.2, -0.15) is 0 Å². The molecule has 0 saturated carbocycles. The third-order valence-electron chi connectivity index (χ3n) is 4.79. The number of rotatable bonds is 5. The Hall–Kier alpha value is -4.46. The van der Waals surface area contributed by atoms with Crippen molar-refractivity contribution in [1.82, 2.24) is 9.97 Å². The molecule has 0 aliphatic carbocycles. The Morgan fingerprint density at radius 2 is 1.65 bits per heavy atom. The average molecular weight is 412 g/mol. The number of nitrogens with one attached hydrogen (secondary N) is 3. The lowest BCUT2D eigenvalue weighted by Crippen LogP contribution is -2.10. The number of ether oxygens (including phenoxy) is 1. The van der Waals surface area contributed by atoms with E-state index >= 15 is 0 Å². The molecule has 0 unspecified atom stereocenters. The van der Waals surface area contributed by atoms with Crippen LogP contribution in [0.15, 0.2) is 60.7 Å². The minimum absolute atomic E-state index is 0.0165. The number of carbonyl (C=O) groups excluding carboxylic acids is 1. The number of esters is 1. The molecule has 0 aliphatic rings. The standard InChI is InChI=1S/C23H20N6O2/c1-12(30)31-20-8-6-14(13-3-2-4-15(9-13)21(24)25)10-17(20)23-28-18-7-5-16(22(26)27)11-19(18)29-23/h2-11H,1H3,(H3,24,25)(H3,26,27)(H,28,29). The number of aromatic nitrogens is 2. The summed E-state index contributed by atoms with van der Waals surface area (Å²) in [5.74, 6) is 0.382. The molecule has 4 rings (SSSR count). The summed E-state index contributed by atoms with van der Waals surface area (Å²) in [6.45, 7) is 1.34. The van der Waals surface area contributed by atoms with Crippen molar-refractivity contribution in [3.63, 3.8) is 0 Å². The smallest absolute Gasteiger partial charge is 0.308 e. The first-order chi connectivity index (χ1) is 14.8. The first-order valence-electron chi connectivity index (χ1n) is 9.43. The minimum Gasteiger partial charge on any atom is -0.426 e. The van der Waals surface area contributed by atoms with Crippen LogP contribution in [0.3, 0.4) is 0 Å². The molecule has 0 fully saturated rings. The monoisotopic (exact) mass is 412 g/mol. The van der Waals surface area contributed by atoms with Crippen LogP contribution in [-0.2, 0) is 4.79 Å². The molecular weight excluding hydrogens is 392 g/mol. The quantitative estimate of drug-likeness (QED) is 0.147. The van der Waals surface area contributed by atoms with Crippen molar-refractivity contribution in [3.8, 4) is 28.3 Å². The van der Waals surface area contributed by atoms with Crippen LogP contribution in [0.5, 0.6) is 5.75 Å². The van der Waals surface area contributed by atoms with Crippen LogP contribution in [0, 0.1) is 10.8 Å². The highest BCUT2D eigenvalue weighted by Crippen LogP contribution is 2.34. The average Bonchev–Trinajstić information content (AvgIpc) is 3.16. The van der Waals surface area contributed by atoms with Crippen LogP contribution in [-0.4, -0.2) is 27.6 Å². The van der Waals surface area contributed by atoms with Gasteiger partial charge in [0.15, 0.2) is 0 Å². The molecule has 7 N–H and O–H groups in total. The number of carbonyl (C=O) groups is 1. The van der Waals surface area contributed by atoms with E-state index in [1.807, 2.05) is 30.3 Å². The fraction of sp³-hybridized carbons (Fsp3) is 0.0435. The van der Waals surface area contributed by atoms with Crippen molar-refractivity contribution >= 4 is 28.7 Å². The van der Waals surface area contributed by atoms with Crippen LogP contribution in [0.25, 0.3) is 33.5 Å². The van der Waals surface area contributed by atoms with Crippen LogP contribution >= 0.6 is 0 Å². The maximum Gasteiger partial charge on any atom is 0.308 e. The van der Waals surface area contributed by atoms with Crippen molar-refractivity contribution in [1.29, 1.82) is 10.8 Å². The fourth-order valence-electron chi connectivity index (χ4n) is 3.31. The molecule has 0 spiro atoms. The van der Waals surface area contributed by atoms with Gasteiger partial charge in [-0.25, -0.2) is 4.98 Å². The summed E-state index contributed by atoms with van der Waals surface area (Å²) >= 11 is 0. The Balaban J connectivity index is 1.86. The second-order valence-electron chi connectivity index (χ2n) is 7.03. The van der Waals surface area contributed by atoms with Crippen molar-refractivity contribution in [3.05, 3.63) is 71.8 Å². The summed E-state index contributed by atoms with van der Waals surface area (Å²) in [6.07, 6.45) is 0. The highest BCUT2D eigenvalue weighted by molar-refractivity contribution is 5.98. The van der Waals surface area contributed by atoms with E-state index in [2.05, 4.69) is 9.97 Å². The maximum absolute atomic E-state index is 11.6. The van der Waals surface area contributed by atoms with E-state index in [1.165, 1.54) is 6.92 Å². The number of fused-ring (bicyclic) bond motifs is 1. The molecule has 0 atom stereocenters. The molecule has 0 bridgehead atoms. The molecule has 3 aromatic carbocycles. The van der Waals surface area contributed by atoms with Gasteiger partial charge in [0.25, 0.3) is 0 Å². The van der Waals surface area contributed by atoms with E-state index in [1.54, 1.807) is 30.3 Å². The van der Waals surface area contributed by atoms with Crippen molar-refractivity contribution in [2.75, 3.05) is 0 Å². The molecule has 8 nitrogen and oxygen atoms in total. The zero-order valence-electron chi connectivity index (χ0n) is 16.7. The van der Waals surface area contributed by atoms with E-state index in [4.69, 9.17) is 27.0 Å². The second-order valence-corrected chi connectivity index (χ2v) is 7.03.